The van der Waals surface area contributed by atoms with Gasteiger partial charge in [-0.1, -0.05) is 42.0 Å². The van der Waals surface area contributed by atoms with Crippen LogP contribution in [-0.4, -0.2) is 13.4 Å². The number of anilines is 1. The molecule has 0 aliphatic heterocycles. The summed E-state index contributed by atoms with van der Waals surface area (Å²) in [6, 6.07) is 13.3. The molecule has 0 fully saturated rings. The second-order valence-corrected chi connectivity index (χ2v) is 6.49. The van der Waals surface area contributed by atoms with Crippen LogP contribution in [-0.2, 0) is 10.0 Å². The molecular weight excluding hydrogens is 292 g/mol. The van der Waals surface area contributed by atoms with Crippen molar-refractivity contribution in [2.24, 2.45) is 5.73 Å². The first kappa shape index (κ1) is 14.5. The number of aryl methyl sites for hydroxylation is 1. The molecule has 2 aromatic carbocycles. The van der Waals surface area contributed by atoms with Crippen LogP contribution in [0.1, 0.15) is 11.1 Å². The Balaban J connectivity index is 2.31. The van der Waals surface area contributed by atoms with Crippen LogP contribution in [0.5, 0.6) is 0 Å². The Hall–Kier alpha value is -1.92. The fourth-order valence-corrected chi connectivity index (χ4v) is 2.84. The van der Waals surface area contributed by atoms with E-state index in [0.29, 0.717) is 11.3 Å². The van der Waals surface area contributed by atoms with Gasteiger partial charge in [0.05, 0.1) is 4.90 Å². The van der Waals surface area contributed by atoms with Crippen molar-refractivity contribution in [3.63, 3.8) is 0 Å². The minimum atomic E-state index is -3.61. The molecule has 0 heterocycles. The molecule has 0 bridgehead atoms. The third-order valence-electron chi connectivity index (χ3n) is 2.73. The van der Waals surface area contributed by atoms with Gasteiger partial charge in [-0.05, 0) is 31.2 Å². The highest BCUT2D eigenvalue weighted by molar-refractivity contribution is 7.92. The average molecular weight is 306 g/mol. The number of hydrogen-bond acceptors (Lipinski definition) is 3. The molecule has 20 heavy (non-hydrogen) atoms. The molecule has 0 amide bonds. The monoisotopic (exact) mass is 306 g/mol. The molecule has 0 aliphatic carbocycles. The maximum atomic E-state index is 12.2. The molecule has 0 aromatic heterocycles. The number of benzene rings is 2. The molecule has 6 heteroatoms. The van der Waals surface area contributed by atoms with E-state index in [9.17, 15) is 8.42 Å². The van der Waals surface area contributed by atoms with Crippen LogP contribution < -0.4 is 10.5 Å². The Morgan fingerprint density at radius 1 is 1.15 bits per heavy atom. The summed E-state index contributed by atoms with van der Waals surface area (Å²) in [5, 5.41) is 0. The SMILES string of the molecule is Cc1ccc(S(=O)(=O)Nc2cccc(C(N)=S)c2)cc1. The molecule has 4 nitrogen and oxygen atoms in total. The van der Waals surface area contributed by atoms with Crippen molar-refractivity contribution in [3.8, 4) is 0 Å². The zero-order chi connectivity index (χ0) is 14.8. The lowest BCUT2D eigenvalue weighted by Crippen LogP contribution is -2.14. The minimum absolute atomic E-state index is 0.212. The second-order valence-electron chi connectivity index (χ2n) is 4.36. The van der Waals surface area contributed by atoms with Gasteiger partial charge >= 0.3 is 0 Å². The molecule has 0 atom stereocenters. The zero-order valence-electron chi connectivity index (χ0n) is 10.8. The average Bonchev–Trinajstić information content (AvgIpc) is 2.39. The Kier molecular flexibility index (Phi) is 4.06. The quantitative estimate of drug-likeness (QED) is 0.851. The maximum Gasteiger partial charge on any atom is 0.261 e. The van der Waals surface area contributed by atoms with E-state index in [1.54, 1.807) is 48.5 Å². The van der Waals surface area contributed by atoms with E-state index in [4.69, 9.17) is 18.0 Å². The van der Waals surface area contributed by atoms with Crippen molar-refractivity contribution in [1.82, 2.24) is 0 Å². The van der Waals surface area contributed by atoms with Gasteiger partial charge < -0.3 is 5.73 Å². The molecule has 0 radical (unpaired) electrons. The zero-order valence-corrected chi connectivity index (χ0v) is 12.5. The predicted molar refractivity (Wildman–Crippen MR) is 84.3 cm³/mol. The number of nitrogens with one attached hydrogen (secondary N) is 1. The van der Waals surface area contributed by atoms with Crippen LogP contribution in [0, 0.1) is 6.92 Å². The van der Waals surface area contributed by atoms with Crippen LogP contribution in [0.4, 0.5) is 5.69 Å². The number of rotatable bonds is 4. The molecular formula is C14H14N2O2S2. The van der Waals surface area contributed by atoms with Gasteiger partial charge in [-0.15, -0.1) is 0 Å². The predicted octanol–water partition coefficient (Wildman–Crippen LogP) is 2.43. The molecule has 0 unspecified atom stereocenters. The molecule has 3 N–H and O–H groups in total. The number of thiocarbonyl (C=S) groups is 1. The topological polar surface area (TPSA) is 72.2 Å². The van der Waals surface area contributed by atoms with Gasteiger partial charge in [-0.3, -0.25) is 4.72 Å². The number of nitrogens with two attached hydrogens (primary N) is 1. The minimum Gasteiger partial charge on any atom is -0.389 e. The fraction of sp³-hybridized carbons (Fsp3) is 0.0714. The summed E-state index contributed by atoms with van der Waals surface area (Å²) in [5.74, 6) is 0. The van der Waals surface area contributed by atoms with E-state index in [1.165, 1.54) is 0 Å². The first-order chi connectivity index (χ1) is 9.38. The van der Waals surface area contributed by atoms with E-state index in [-0.39, 0.29) is 9.88 Å². The second kappa shape index (κ2) is 5.60. The van der Waals surface area contributed by atoms with E-state index in [1.807, 2.05) is 6.92 Å². The Morgan fingerprint density at radius 2 is 1.80 bits per heavy atom. The normalized spacial score (nSPS) is 11.1. The standard InChI is InChI=1S/C14H14N2O2S2/c1-10-5-7-13(8-6-10)20(17,18)16-12-4-2-3-11(9-12)14(15)19/h2-9,16H,1H3,(H2,15,19). The molecule has 104 valence electrons. The Labute approximate surface area is 123 Å². The van der Waals surface area contributed by atoms with Crippen LogP contribution in [0.25, 0.3) is 0 Å². The Bertz CT molecular complexity index is 738. The van der Waals surface area contributed by atoms with Gasteiger partial charge in [-0.25, -0.2) is 8.42 Å². The van der Waals surface area contributed by atoms with E-state index < -0.39 is 10.0 Å². The Morgan fingerprint density at radius 3 is 2.40 bits per heavy atom. The number of hydrogen-bond donors (Lipinski definition) is 2. The summed E-state index contributed by atoms with van der Waals surface area (Å²) in [5.41, 5.74) is 7.57. The third-order valence-corrected chi connectivity index (χ3v) is 4.36. The summed E-state index contributed by atoms with van der Waals surface area (Å²) >= 11 is 4.87. The molecule has 2 aromatic rings. The van der Waals surface area contributed by atoms with Crippen molar-refractivity contribution in [3.05, 3.63) is 59.7 Å². The highest BCUT2D eigenvalue weighted by Crippen LogP contribution is 2.17. The first-order valence-electron chi connectivity index (χ1n) is 5.88. The van der Waals surface area contributed by atoms with Gasteiger partial charge in [0.25, 0.3) is 10.0 Å². The van der Waals surface area contributed by atoms with Gasteiger partial charge in [-0.2, -0.15) is 0 Å². The van der Waals surface area contributed by atoms with Crippen LogP contribution in [0.15, 0.2) is 53.4 Å². The maximum absolute atomic E-state index is 12.2. The summed E-state index contributed by atoms with van der Waals surface area (Å²) in [4.78, 5) is 0.435. The summed E-state index contributed by atoms with van der Waals surface area (Å²) in [6.07, 6.45) is 0. The lowest BCUT2D eigenvalue weighted by molar-refractivity contribution is 0.601. The van der Waals surface area contributed by atoms with Crippen molar-refractivity contribution >= 4 is 32.9 Å². The largest absolute Gasteiger partial charge is 0.389 e. The van der Waals surface area contributed by atoms with Crippen molar-refractivity contribution in [1.29, 1.82) is 0 Å². The van der Waals surface area contributed by atoms with Crippen LogP contribution >= 0.6 is 12.2 Å². The van der Waals surface area contributed by atoms with Crippen molar-refractivity contribution in [2.45, 2.75) is 11.8 Å². The molecule has 0 saturated carbocycles. The smallest absolute Gasteiger partial charge is 0.261 e. The van der Waals surface area contributed by atoms with Gasteiger partial charge in [0.1, 0.15) is 4.99 Å². The molecule has 2 rings (SSSR count). The first-order valence-corrected chi connectivity index (χ1v) is 7.77. The number of sulfonamides is 1. The molecule has 0 spiro atoms. The van der Waals surface area contributed by atoms with Gasteiger partial charge in [0.15, 0.2) is 0 Å². The van der Waals surface area contributed by atoms with Crippen molar-refractivity contribution < 1.29 is 8.42 Å². The van der Waals surface area contributed by atoms with Crippen LogP contribution in [0.3, 0.4) is 0 Å². The van der Waals surface area contributed by atoms with Gasteiger partial charge in [0.2, 0.25) is 0 Å². The summed E-state index contributed by atoms with van der Waals surface area (Å²) in [7, 11) is -3.61. The molecule has 0 saturated heterocycles. The van der Waals surface area contributed by atoms with E-state index >= 15 is 0 Å². The van der Waals surface area contributed by atoms with Crippen LogP contribution in [0.2, 0.25) is 0 Å². The van der Waals surface area contributed by atoms with E-state index in [2.05, 4.69) is 4.72 Å². The fourth-order valence-electron chi connectivity index (χ4n) is 1.67. The summed E-state index contributed by atoms with van der Waals surface area (Å²) in [6.45, 7) is 1.90. The van der Waals surface area contributed by atoms with Crippen molar-refractivity contribution in [2.75, 3.05) is 4.72 Å². The lowest BCUT2D eigenvalue weighted by Gasteiger charge is -2.09. The van der Waals surface area contributed by atoms with Gasteiger partial charge in [0, 0.05) is 11.3 Å². The highest BCUT2D eigenvalue weighted by Gasteiger charge is 2.14. The molecule has 0 aliphatic rings. The third kappa shape index (κ3) is 3.34. The highest BCUT2D eigenvalue weighted by atomic mass is 32.2. The lowest BCUT2D eigenvalue weighted by atomic mass is 10.2. The van der Waals surface area contributed by atoms with E-state index in [0.717, 1.165) is 5.56 Å². The summed E-state index contributed by atoms with van der Waals surface area (Å²) < 4.78 is 26.9.